The second-order valence-corrected chi connectivity index (χ2v) is 5.20. The van der Waals surface area contributed by atoms with E-state index in [-0.39, 0.29) is 0 Å². The van der Waals surface area contributed by atoms with E-state index in [4.69, 9.17) is 5.73 Å². The molecule has 0 aliphatic heterocycles. The molecule has 0 amide bonds. The van der Waals surface area contributed by atoms with E-state index in [1.165, 1.54) is 5.69 Å². The number of likely N-dealkylation sites (N-methyl/N-ethyl adjacent to an activating group) is 1. The lowest BCUT2D eigenvalue weighted by Crippen LogP contribution is -2.32. The van der Waals surface area contributed by atoms with Gasteiger partial charge in [-0.3, -0.25) is 4.68 Å². The first-order valence-corrected chi connectivity index (χ1v) is 6.41. The molecular weight excluding hydrogens is 212 g/mol. The summed E-state index contributed by atoms with van der Waals surface area (Å²) in [7, 11) is 4.15. The van der Waals surface area contributed by atoms with Crippen LogP contribution in [0.4, 0.5) is 0 Å². The van der Waals surface area contributed by atoms with E-state index in [0.29, 0.717) is 12.0 Å². The second-order valence-electron chi connectivity index (χ2n) is 5.20. The van der Waals surface area contributed by atoms with Gasteiger partial charge < -0.3 is 10.6 Å². The fourth-order valence-electron chi connectivity index (χ4n) is 1.77. The predicted molar refractivity (Wildman–Crippen MR) is 71.8 cm³/mol. The molecule has 98 valence electrons. The van der Waals surface area contributed by atoms with Gasteiger partial charge in [0.2, 0.25) is 0 Å². The summed E-state index contributed by atoms with van der Waals surface area (Å²) in [6.45, 7) is 6.49. The van der Waals surface area contributed by atoms with E-state index >= 15 is 0 Å². The highest BCUT2D eigenvalue weighted by Gasteiger charge is 2.09. The third kappa shape index (κ3) is 4.88. The maximum absolute atomic E-state index is 6.04. The Kier molecular flexibility index (Phi) is 5.65. The fourth-order valence-corrected chi connectivity index (χ4v) is 1.77. The number of aromatic nitrogens is 2. The van der Waals surface area contributed by atoms with Crippen LogP contribution in [0, 0.1) is 5.92 Å². The van der Waals surface area contributed by atoms with Crippen molar-refractivity contribution in [1.29, 1.82) is 0 Å². The van der Waals surface area contributed by atoms with E-state index < -0.39 is 0 Å². The third-order valence-electron chi connectivity index (χ3n) is 3.37. The van der Waals surface area contributed by atoms with Crippen molar-refractivity contribution in [3.63, 3.8) is 0 Å². The van der Waals surface area contributed by atoms with Crippen molar-refractivity contribution in [3.8, 4) is 0 Å². The van der Waals surface area contributed by atoms with Crippen LogP contribution >= 0.6 is 0 Å². The molecule has 1 aromatic heterocycles. The average Bonchev–Trinajstić information content (AvgIpc) is 2.68. The number of rotatable bonds is 7. The van der Waals surface area contributed by atoms with Gasteiger partial charge in [0.1, 0.15) is 0 Å². The highest BCUT2D eigenvalue weighted by molar-refractivity contribution is 5.00. The summed E-state index contributed by atoms with van der Waals surface area (Å²) < 4.78 is 1.94. The molecule has 0 aliphatic rings. The van der Waals surface area contributed by atoms with Crippen LogP contribution in [-0.2, 0) is 13.5 Å². The van der Waals surface area contributed by atoms with Gasteiger partial charge in [0, 0.05) is 37.9 Å². The van der Waals surface area contributed by atoms with Crippen LogP contribution in [0.5, 0.6) is 0 Å². The largest absolute Gasteiger partial charge is 0.327 e. The number of hydrogen-bond donors (Lipinski definition) is 1. The molecule has 0 radical (unpaired) electrons. The molecule has 0 aromatic carbocycles. The lowest BCUT2D eigenvalue weighted by Gasteiger charge is -2.21. The molecule has 1 atom stereocenters. The van der Waals surface area contributed by atoms with Gasteiger partial charge in [-0.15, -0.1) is 0 Å². The van der Waals surface area contributed by atoms with Crippen LogP contribution < -0.4 is 5.73 Å². The lowest BCUT2D eigenvalue weighted by molar-refractivity contribution is 0.304. The van der Waals surface area contributed by atoms with Crippen molar-refractivity contribution in [2.45, 2.75) is 32.7 Å². The lowest BCUT2D eigenvalue weighted by atomic mass is 10.0. The Bertz CT molecular complexity index is 319. The number of hydrogen-bond acceptors (Lipinski definition) is 3. The first-order chi connectivity index (χ1) is 8.00. The monoisotopic (exact) mass is 238 g/mol. The Hall–Kier alpha value is -0.870. The van der Waals surface area contributed by atoms with Crippen molar-refractivity contribution in [2.24, 2.45) is 18.7 Å². The first kappa shape index (κ1) is 14.2. The zero-order valence-corrected chi connectivity index (χ0v) is 11.6. The second kappa shape index (κ2) is 6.77. The molecule has 0 fully saturated rings. The SMILES string of the molecule is CC(C)C(N)CCN(C)CCc1ccnn1C. The Morgan fingerprint density at radius 2 is 2.12 bits per heavy atom. The van der Waals surface area contributed by atoms with E-state index in [2.05, 4.69) is 37.0 Å². The molecule has 0 saturated carbocycles. The third-order valence-corrected chi connectivity index (χ3v) is 3.37. The zero-order chi connectivity index (χ0) is 12.8. The summed E-state index contributed by atoms with van der Waals surface area (Å²) in [5, 5.41) is 4.17. The van der Waals surface area contributed by atoms with Gasteiger partial charge >= 0.3 is 0 Å². The van der Waals surface area contributed by atoms with Crippen molar-refractivity contribution >= 4 is 0 Å². The highest BCUT2D eigenvalue weighted by Crippen LogP contribution is 2.04. The molecule has 1 unspecified atom stereocenters. The average molecular weight is 238 g/mol. The summed E-state index contributed by atoms with van der Waals surface area (Å²) in [4.78, 5) is 2.34. The smallest absolute Gasteiger partial charge is 0.0492 e. The molecule has 0 saturated heterocycles. The van der Waals surface area contributed by atoms with E-state index in [1.54, 1.807) is 0 Å². The van der Waals surface area contributed by atoms with Gasteiger partial charge in [-0.05, 0) is 32.0 Å². The molecule has 2 N–H and O–H groups in total. The molecule has 1 aromatic rings. The van der Waals surface area contributed by atoms with Gasteiger partial charge in [-0.2, -0.15) is 5.10 Å². The van der Waals surface area contributed by atoms with Crippen LogP contribution in [0.2, 0.25) is 0 Å². The summed E-state index contributed by atoms with van der Waals surface area (Å²) >= 11 is 0. The maximum atomic E-state index is 6.04. The van der Waals surface area contributed by atoms with Gasteiger partial charge in [0.15, 0.2) is 0 Å². The summed E-state index contributed by atoms with van der Waals surface area (Å²) in [5.74, 6) is 0.570. The molecule has 0 spiro atoms. The standard InChI is InChI=1S/C13H26N4/c1-11(2)13(14)7-10-16(3)9-6-12-5-8-15-17(12)4/h5,8,11,13H,6-7,9-10,14H2,1-4H3. The molecule has 0 bridgehead atoms. The van der Waals surface area contributed by atoms with Crippen LogP contribution in [0.25, 0.3) is 0 Å². The molecule has 4 nitrogen and oxygen atoms in total. The van der Waals surface area contributed by atoms with Gasteiger partial charge in [-0.25, -0.2) is 0 Å². The van der Waals surface area contributed by atoms with E-state index in [9.17, 15) is 0 Å². The number of nitrogens with zero attached hydrogens (tertiary/aromatic N) is 3. The number of aryl methyl sites for hydroxylation is 1. The first-order valence-electron chi connectivity index (χ1n) is 6.41. The van der Waals surface area contributed by atoms with Crippen LogP contribution in [0.3, 0.4) is 0 Å². The molecule has 1 rings (SSSR count). The summed E-state index contributed by atoms with van der Waals surface area (Å²) in [5.41, 5.74) is 7.32. The predicted octanol–water partition coefficient (Wildman–Crippen LogP) is 1.27. The highest BCUT2D eigenvalue weighted by atomic mass is 15.3. The number of nitrogens with two attached hydrogens (primary N) is 1. The van der Waals surface area contributed by atoms with Gasteiger partial charge in [0.25, 0.3) is 0 Å². The van der Waals surface area contributed by atoms with Crippen molar-refractivity contribution in [3.05, 3.63) is 18.0 Å². The molecule has 17 heavy (non-hydrogen) atoms. The van der Waals surface area contributed by atoms with Gasteiger partial charge in [-0.1, -0.05) is 13.8 Å². The van der Waals surface area contributed by atoms with Crippen molar-refractivity contribution < 1.29 is 0 Å². The summed E-state index contributed by atoms with van der Waals surface area (Å²) in [6, 6.07) is 2.39. The Morgan fingerprint density at radius 3 is 2.65 bits per heavy atom. The Morgan fingerprint density at radius 1 is 1.41 bits per heavy atom. The molecule has 1 heterocycles. The topological polar surface area (TPSA) is 47.1 Å². The minimum atomic E-state index is 0.314. The zero-order valence-electron chi connectivity index (χ0n) is 11.6. The van der Waals surface area contributed by atoms with Crippen molar-refractivity contribution in [2.75, 3.05) is 20.1 Å². The van der Waals surface area contributed by atoms with Gasteiger partial charge in [0.05, 0.1) is 0 Å². The summed E-state index contributed by atoms with van der Waals surface area (Å²) in [6.07, 6.45) is 3.97. The molecular formula is C13H26N4. The van der Waals surface area contributed by atoms with Crippen LogP contribution in [-0.4, -0.2) is 40.9 Å². The maximum Gasteiger partial charge on any atom is 0.0492 e. The van der Waals surface area contributed by atoms with E-state index in [0.717, 1.165) is 25.9 Å². The van der Waals surface area contributed by atoms with Crippen molar-refractivity contribution in [1.82, 2.24) is 14.7 Å². The van der Waals surface area contributed by atoms with Crippen LogP contribution in [0.1, 0.15) is 26.0 Å². The Labute approximate surface area is 105 Å². The van der Waals surface area contributed by atoms with Crippen LogP contribution in [0.15, 0.2) is 12.3 Å². The minimum Gasteiger partial charge on any atom is -0.327 e. The normalized spacial score (nSPS) is 13.6. The molecule has 4 heteroatoms. The molecule has 0 aliphatic carbocycles. The quantitative estimate of drug-likeness (QED) is 0.778. The minimum absolute atomic E-state index is 0.314. The fraction of sp³-hybridized carbons (Fsp3) is 0.769. The Balaban J connectivity index is 2.22. The van der Waals surface area contributed by atoms with E-state index in [1.807, 2.05) is 17.9 Å².